The van der Waals surface area contributed by atoms with E-state index in [-0.39, 0.29) is 18.4 Å². The number of halogens is 4. The Hall–Kier alpha value is -0.740. The first-order valence-electron chi connectivity index (χ1n) is 3.85. The van der Waals surface area contributed by atoms with Crippen molar-refractivity contribution < 1.29 is 13.2 Å². The zero-order chi connectivity index (χ0) is 10.0. The fraction of sp³-hybridized carbons (Fsp3) is 0.333. The van der Waals surface area contributed by atoms with Gasteiger partial charge in [0.05, 0.1) is 5.56 Å². The molecule has 80 valence electrons. The molecule has 14 heavy (non-hydrogen) atoms. The number of hydrogen-bond acceptors (Lipinski definition) is 1. The van der Waals surface area contributed by atoms with Crippen molar-refractivity contribution in [1.29, 1.82) is 0 Å². The summed E-state index contributed by atoms with van der Waals surface area (Å²) in [6.07, 6.45) is -2.78. The van der Waals surface area contributed by atoms with Gasteiger partial charge in [-0.05, 0) is 18.6 Å². The highest BCUT2D eigenvalue weighted by atomic mass is 35.5. The van der Waals surface area contributed by atoms with Crippen molar-refractivity contribution in [3.8, 4) is 0 Å². The van der Waals surface area contributed by atoms with Crippen LogP contribution >= 0.6 is 12.4 Å². The summed E-state index contributed by atoms with van der Waals surface area (Å²) in [7, 11) is 0. The molecule has 0 aliphatic rings. The predicted octanol–water partition coefficient (Wildman–Crippen LogP) is 3.20. The van der Waals surface area contributed by atoms with Crippen LogP contribution in [0.25, 0.3) is 0 Å². The van der Waals surface area contributed by atoms with Gasteiger partial charge in [-0.25, -0.2) is 13.2 Å². The molecule has 0 aliphatic heterocycles. The molecular formula is C9H11ClF3N. The van der Waals surface area contributed by atoms with Crippen LogP contribution < -0.4 is 5.73 Å². The standard InChI is InChI=1S/C9H10F3N.ClH/c1-5(13)6-2-3-7(9(11)12)8(10)4-6;/h2-5,9H,13H2,1H3;1H/t5-;/m0./s1. The second-order valence-corrected chi connectivity index (χ2v) is 2.87. The van der Waals surface area contributed by atoms with Gasteiger partial charge in [0, 0.05) is 6.04 Å². The largest absolute Gasteiger partial charge is 0.324 e. The average molecular weight is 226 g/mol. The molecule has 0 fully saturated rings. The van der Waals surface area contributed by atoms with Crippen molar-refractivity contribution >= 4 is 12.4 Å². The van der Waals surface area contributed by atoms with E-state index in [0.29, 0.717) is 5.56 Å². The summed E-state index contributed by atoms with van der Waals surface area (Å²) in [6, 6.07) is 3.18. The molecule has 1 atom stereocenters. The molecule has 0 aromatic heterocycles. The van der Waals surface area contributed by atoms with E-state index in [9.17, 15) is 13.2 Å². The third kappa shape index (κ3) is 2.89. The SMILES string of the molecule is C[C@H](N)c1ccc(C(F)F)c(F)c1.Cl. The highest BCUT2D eigenvalue weighted by molar-refractivity contribution is 5.85. The van der Waals surface area contributed by atoms with E-state index < -0.39 is 17.8 Å². The number of rotatable bonds is 2. The van der Waals surface area contributed by atoms with Gasteiger partial charge in [-0.15, -0.1) is 12.4 Å². The van der Waals surface area contributed by atoms with Gasteiger partial charge in [0.1, 0.15) is 5.82 Å². The number of benzene rings is 1. The van der Waals surface area contributed by atoms with Crippen molar-refractivity contribution in [2.75, 3.05) is 0 Å². The molecule has 0 radical (unpaired) electrons. The van der Waals surface area contributed by atoms with Crippen LogP contribution in [0.1, 0.15) is 30.5 Å². The van der Waals surface area contributed by atoms with Crippen LogP contribution in [-0.4, -0.2) is 0 Å². The Morgan fingerprint density at radius 3 is 2.21 bits per heavy atom. The summed E-state index contributed by atoms with van der Waals surface area (Å²) in [5.41, 5.74) is 5.39. The quantitative estimate of drug-likeness (QED) is 0.822. The van der Waals surface area contributed by atoms with Gasteiger partial charge in [0.2, 0.25) is 0 Å². The normalized spacial score (nSPS) is 12.4. The first kappa shape index (κ1) is 13.3. The third-order valence-corrected chi connectivity index (χ3v) is 1.79. The Morgan fingerprint density at radius 2 is 1.86 bits per heavy atom. The van der Waals surface area contributed by atoms with Gasteiger partial charge < -0.3 is 5.73 Å². The molecule has 0 bridgehead atoms. The third-order valence-electron chi connectivity index (χ3n) is 1.79. The Labute approximate surface area is 86.5 Å². The minimum atomic E-state index is -2.78. The Morgan fingerprint density at radius 1 is 1.29 bits per heavy atom. The minimum Gasteiger partial charge on any atom is -0.324 e. The Bertz CT molecular complexity index is 302. The van der Waals surface area contributed by atoms with E-state index in [1.54, 1.807) is 6.92 Å². The van der Waals surface area contributed by atoms with Gasteiger partial charge in [-0.3, -0.25) is 0 Å². The summed E-state index contributed by atoms with van der Waals surface area (Å²) < 4.78 is 37.1. The van der Waals surface area contributed by atoms with E-state index in [1.165, 1.54) is 6.07 Å². The van der Waals surface area contributed by atoms with Gasteiger partial charge in [0.25, 0.3) is 6.43 Å². The van der Waals surface area contributed by atoms with Crippen LogP contribution in [0.4, 0.5) is 13.2 Å². The molecule has 0 amide bonds. The predicted molar refractivity (Wildman–Crippen MR) is 51.2 cm³/mol. The summed E-state index contributed by atoms with van der Waals surface area (Å²) in [5.74, 6) is -0.898. The fourth-order valence-electron chi connectivity index (χ4n) is 1.00. The van der Waals surface area contributed by atoms with Gasteiger partial charge in [-0.2, -0.15) is 0 Å². The van der Waals surface area contributed by atoms with E-state index in [2.05, 4.69) is 0 Å². The fourth-order valence-corrected chi connectivity index (χ4v) is 1.00. The molecule has 0 aliphatic carbocycles. The van der Waals surface area contributed by atoms with Gasteiger partial charge in [-0.1, -0.05) is 12.1 Å². The molecule has 1 rings (SSSR count). The lowest BCUT2D eigenvalue weighted by atomic mass is 10.1. The van der Waals surface area contributed by atoms with Crippen molar-refractivity contribution in [1.82, 2.24) is 0 Å². The van der Waals surface area contributed by atoms with E-state index >= 15 is 0 Å². The molecule has 5 heteroatoms. The van der Waals surface area contributed by atoms with Crippen LogP contribution in [0.15, 0.2) is 18.2 Å². The molecule has 2 N–H and O–H groups in total. The zero-order valence-corrected chi connectivity index (χ0v) is 8.32. The van der Waals surface area contributed by atoms with Gasteiger partial charge >= 0.3 is 0 Å². The maximum atomic E-state index is 12.9. The highest BCUT2D eigenvalue weighted by Crippen LogP contribution is 2.23. The van der Waals surface area contributed by atoms with Crippen LogP contribution in [0.5, 0.6) is 0 Å². The molecule has 0 heterocycles. The first-order valence-corrected chi connectivity index (χ1v) is 3.85. The van der Waals surface area contributed by atoms with Crippen molar-refractivity contribution in [2.45, 2.75) is 19.4 Å². The number of hydrogen-bond donors (Lipinski definition) is 1. The molecule has 1 aromatic rings. The van der Waals surface area contributed by atoms with Crippen molar-refractivity contribution in [3.05, 3.63) is 35.1 Å². The van der Waals surface area contributed by atoms with Crippen LogP contribution in [0.3, 0.4) is 0 Å². The second-order valence-electron chi connectivity index (χ2n) is 2.87. The van der Waals surface area contributed by atoms with Crippen LogP contribution in [0.2, 0.25) is 0 Å². The zero-order valence-electron chi connectivity index (χ0n) is 7.51. The lowest BCUT2D eigenvalue weighted by Crippen LogP contribution is -2.06. The minimum absolute atomic E-state index is 0. The average Bonchev–Trinajstić information content (AvgIpc) is 2.03. The van der Waals surface area contributed by atoms with E-state index in [0.717, 1.165) is 12.1 Å². The van der Waals surface area contributed by atoms with Gasteiger partial charge in [0.15, 0.2) is 0 Å². The number of alkyl halides is 2. The Balaban J connectivity index is 0.00000169. The van der Waals surface area contributed by atoms with Crippen molar-refractivity contribution in [3.63, 3.8) is 0 Å². The topological polar surface area (TPSA) is 26.0 Å². The molecule has 0 saturated heterocycles. The van der Waals surface area contributed by atoms with Crippen molar-refractivity contribution in [2.24, 2.45) is 5.73 Å². The van der Waals surface area contributed by atoms with E-state index in [4.69, 9.17) is 5.73 Å². The summed E-state index contributed by atoms with van der Waals surface area (Å²) >= 11 is 0. The Kier molecular flexibility index (Phi) is 4.94. The molecular weight excluding hydrogens is 215 g/mol. The molecule has 0 unspecified atom stereocenters. The highest BCUT2D eigenvalue weighted by Gasteiger charge is 2.13. The summed E-state index contributed by atoms with van der Waals surface area (Å²) in [5, 5.41) is 0. The second kappa shape index (κ2) is 5.22. The smallest absolute Gasteiger partial charge is 0.266 e. The lowest BCUT2D eigenvalue weighted by Gasteiger charge is -2.07. The molecule has 0 spiro atoms. The summed E-state index contributed by atoms with van der Waals surface area (Å²) in [4.78, 5) is 0. The maximum absolute atomic E-state index is 12.9. The molecule has 1 aromatic carbocycles. The van der Waals surface area contributed by atoms with E-state index in [1.807, 2.05) is 0 Å². The monoisotopic (exact) mass is 225 g/mol. The number of nitrogens with two attached hydrogens (primary N) is 1. The molecule has 1 nitrogen and oxygen atoms in total. The lowest BCUT2D eigenvalue weighted by molar-refractivity contribution is 0.146. The molecule has 0 saturated carbocycles. The first-order chi connectivity index (χ1) is 6.02. The maximum Gasteiger partial charge on any atom is 0.266 e. The van der Waals surface area contributed by atoms with Crippen LogP contribution in [0, 0.1) is 5.82 Å². The van der Waals surface area contributed by atoms with Crippen LogP contribution in [-0.2, 0) is 0 Å². The summed E-state index contributed by atoms with van der Waals surface area (Å²) in [6.45, 7) is 1.66.